The number of hydrogen-bond donors (Lipinski definition) is 3. The largest absolute Gasteiger partial charge is 0.472 e. The van der Waals surface area contributed by atoms with Crippen LogP contribution >= 0.6 is 15.6 Å². The summed E-state index contributed by atoms with van der Waals surface area (Å²) in [7, 11) is -9.92. The third-order valence-electron chi connectivity index (χ3n) is 19.4. The molecule has 0 heterocycles. The van der Waals surface area contributed by atoms with Gasteiger partial charge in [-0.3, -0.25) is 37.3 Å². The number of phosphoric acid groups is 2. The molecule has 0 aromatic rings. The number of esters is 4. The van der Waals surface area contributed by atoms with E-state index in [2.05, 4.69) is 55.4 Å². The first-order valence-electron chi connectivity index (χ1n) is 42.2. The number of rotatable bonds is 79. The number of carbonyl (C=O) groups excluding carboxylic acids is 4. The van der Waals surface area contributed by atoms with Gasteiger partial charge in [0, 0.05) is 25.7 Å². The number of ether oxygens (including phenoxy) is 4. The molecular weight excluding hydrogens is 1320 g/mol. The van der Waals surface area contributed by atoms with Crippen LogP contribution in [0.3, 0.4) is 0 Å². The van der Waals surface area contributed by atoms with Crippen LogP contribution < -0.4 is 0 Å². The molecule has 0 amide bonds. The van der Waals surface area contributed by atoms with Crippen molar-refractivity contribution in [1.82, 2.24) is 0 Å². The zero-order chi connectivity index (χ0) is 74.6. The number of aliphatic hydroxyl groups is 1. The lowest BCUT2D eigenvalue weighted by Crippen LogP contribution is -2.30. The Morgan fingerprint density at radius 2 is 0.475 bits per heavy atom. The molecule has 101 heavy (non-hydrogen) atoms. The Balaban J connectivity index is 5.20. The van der Waals surface area contributed by atoms with Crippen LogP contribution in [0.4, 0.5) is 0 Å². The minimum atomic E-state index is -4.96. The monoisotopic (exact) mass is 1480 g/mol. The quantitative estimate of drug-likeness (QED) is 0.0222. The molecule has 0 aromatic carbocycles. The molecule has 19 heteroatoms. The standard InChI is InChI=1S/C82H160O17P2/c1-9-75(8)61-53-45-36-30-26-27-31-37-46-54-62-79(84)92-68-77(98-81(86)64-57-49-39-33-25-21-17-16-19-23-29-35-43-51-59-73(4)5)70-96-100(88,89)94-66-76(83)67-95-101(90,91)97-71-78(69-93-80(85)63-55-47-41-40-44-52-60-74(6)7)99-82(87)65-56-48-38-32-24-20-15-13-11-10-12-14-18-22-28-34-42-50-58-72(2)3/h72-78,83H,9-71H2,1-8H3,(H,88,89)(H,90,91)/t75?,76?,77-,78-/m1/s1. The molecule has 0 rings (SSSR count). The molecule has 6 atom stereocenters. The summed E-state index contributed by atoms with van der Waals surface area (Å²) in [6.45, 7) is 14.3. The van der Waals surface area contributed by atoms with E-state index < -0.39 is 97.5 Å². The van der Waals surface area contributed by atoms with Crippen LogP contribution in [-0.2, 0) is 65.4 Å². The normalized spacial score (nSPS) is 14.3. The first-order valence-corrected chi connectivity index (χ1v) is 45.2. The molecule has 0 aliphatic heterocycles. The molecule has 0 aliphatic carbocycles. The van der Waals surface area contributed by atoms with Gasteiger partial charge in [-0.05, 0) is 49.4 Å². The van der Waals surface area contributed by atoms with E-state index in [4.69, 9.17) is 37.0 Å². The van der Waals surface area contributed by atoms with E-state index in [0.29, 0.717) is 31.6 Å². The molecule has 4 unspecified atom stereocenters. The van der Waals surface area contributed by atoms with Gasteiger partial charge in [0.15, 0.2) is 12.2 Å². The van der Waals surface area contributed by atoms with Crippen molar-refractivity contribution in [3.05, 3.63) is 0 Å². The summed E-state index contributed by atoms with van der Waals surface area (Å²) in [5, 5.41) is 10.6. The number of hydrogen-bond acceptors (Lipinski definition) is 15. The minimum Gasteiger partial charge on any atom is -0.462 e. The second-order valence-corrected chi connectivity index (χ2v) is 34.1. The Labute approximate surface area is 619 Å². The molecule has 3 N–H and O–H groups in total. The Bertz CT molecular complexity index is 1970. The summed E-state index contributed by atoms with van der Waals surface area (Å²) >= 11 is 0. The summed E-state index contributed by atoms with van der Waals surface area (Å²) in [6, 6.07) is 0. The van der Waals surface area contributed by atoms with Gasteiger partial charge in [-0.1, -0.05) is 370 Å². The average Bonchev–Trinajstić information content (AvgIpc) is 1.12. The van der Waals surface area contributed by atoms with Gasteiger partial charge in [-0.2, -0.15) is 0 Å². The zero-order valence-corrected chi connectivity index (χ0v) is 68.3. The van der Waals surface area contributed by atoms with Crippen LogP contribution in [0.1, 0.15) is 421 Å². The fourth-order valence-corrected chi connectivity index (χ4v) is 14.2. The number of unbranched alkanes of at least 4 members (excludes halogenated alkanes) is 44. The highest BCUT2D eigenvalue weighted by atomic mass is 31.2. The van der Waals surface area contributed by atoms with E-state index in [0.717, 1.165) is 114 Å². The molecular formula is C82H160O17P2. The average molecular weight is 1480 g/mol. The third-order valence-corrected chi connectivity index (χ3v) is 21.3. The second kappa shape index (κ2) is 71.0. The lowest BCUT2D eigenvalue weighted by atomic mass is 9.99. The first-order chi connectivity index (χ1) is 48.6. The number of carbonyl (C=O) groups is 4. The number of phosphoric ester groups is 2. The molecule has 0 spiro atoms. The number of aliphatic hydroxyl groups excluding tert-OH is 1. The highest BCUT2D eigenvalue weighted by molar-refractivity contribution is 7.47. The summed E-state index contributed by atoms with van der Waals surface area (Å²) < 4.78 is 68.7. The highest BCUT2D eigenvalue weighted by Gasteiger charge is 2.30. The molecule has 0 bridgehead atoms. The molecule has 0 saturated heterocycles. The second-order valence-electron chi connectivity index (χ2n) is 31.2. The zero-order valence-electron chi connectivity index (χ0n) is 66.5. The predicted octanol–water partition coefficient (Wildman–Crippen LogP) is 24.4. The minimum absolute atomic E-state index is 0.107. The van der Waals surface area contributed by atoms with Crippen LogP contribution in [-0.4, -0.2) is 96.7 Å². The maximum atomic E-state index is 13.1. The van der Waals surface area contributed by atoms with E-state index in [1.165, 1.54) is 218 Å². The highest BCUT2D eigenvalue weighted by Crippen LogP contribution is 2.45. The van der Waals surface area contributed by atoms with Gasteiger partial charge >= 0.3 is 39.5 Å². The van der Waals surface area contributed by atoms with Gasteiger partial charge in [-0.25, -0.2) is 9.13 Å². The first kappa shape index (κ1) is 99.1. The lowest BCUT2D eigenvalue weighted by molar-refractivity contribution is -0.161. The van der Waals surface area contributed by atoms with E-state index in [-0.39, 0.29) is 25.7 Å². The van der Waals surface area contributed by atoms with E-state index in [1.54, 1.807) is 0 Å². The fourth-order valence-electron chi connectivity index (χ4n) is 12.6. The van der Waals surface area contributed by atoms with Crippen molar-refractivity contribution in [2.75, 3.05) is 39.6 Å². The predicted molar refractivity (Wildman–Crippen MR) is 414 cm³/mol. The summed E-state index contributed by atoms with van der Waals surface area (Å²) in [5.41, 5.74) is 0. The van der Waals surface area contributed by atoms with Gasteiger partial charge in [0.1, 0.15) is 19.3 Å². The Kier molecular flexibility index (Phi) is 69.6. The smallest absolute Gasteiger partial charge is 0.462 e. The van der Waals surface area contributed by atoms with Crippen molar-refractivity contribution in [3.8, 4) is 0 Å². The maximum Gasteiger partial charge on any atom is 0.472 e. The van der Waals surface area contributed by atoms with Gasteiger partial charge in [-0.15, -0.1) is 0 Å². The molecule has 0 saturated carbocycles. The topological polar surface area (TPSA) is 237 Å². The molecule has 0 aromatic heterocycles. The van der Waals surface area contributed by atoms with Gasteiger partial charge in [0.25, 0.3) is 0 Å². The molecule has 0 radical (unpaired) electrons. The Morgan fingerprint density at radius 3 is 0.703 bits per heavy atom. The van der Waals surface area contributed by atoms with Gasteiger partial charge in [0.2, 0.25) is 0 Å². The SMILES string of the molecule is CCC(C)CCCCCCCCCCCCC(=O)OC[C@H](COP(=O)(O)OCC(O)COP(=O)(O)OC[C@@H](COC(=O)CCCCCCCCC(C)C)OC(=O)CCCCCCCCCCCCCCCCCCCCC(C)C)OC(=O)CCCCCCCCCCCCCCCCC(C)C. The van der Waals surface area contributed by atoms with Crippen LogP contribution in [0.15, 0.2) is 0 Å². The third kappa shape index (κ3) is 74.7. The molecule has 0 aliphatic rings. The summed E-state index contributed by atoms with van der Waals surface area (Å²) in [4.78, 5) is 73.0. The lowest BCUT2D eigenvalue weighted by Gasteiger charge is -2.21. The summed E-state index contributed by atoms with van der Waals surface area (Å²) in [6.07, 6.45) is 58.4. The molecule has 600 valence electrons. The molecule has 0 fully saturated rings. The maximum absolute atomic E-state index is 13.1. The summed E-state index contributed by atoms with van der Waals surface area (Å²) in [5.74, 6) is 0.989. The van der Waals surface area contributed by atoms with Crippen molar-refractivity contribution >= 4 is 39.5 Å². The van der Waals surface area contributed by atoms with E-state index >= 15 is 0 Å². The Hall–Kier alpha value is -1.94. The van der Waals surface area contributed by atoms with Crippen LogP contribution in [0.5, 0.6) is 0 Å². The van der Waals surface area contributed by atoms with Gasteiger partial charge in [0.05, 0.1) is 26.4 Å². The Morgan fingerprint density at radius 1 is 0.277 bits per heavy atom. The van der Waals surface area contributed by atoms with Crippen molar-refractivity contribution in [2.24, 2.45) is 23.7 Å². The van der Waals surface area contributed by atoms with Crippen molar-refractivity contribution in [3.63, 3.8) is 0 Å². The van der Waals surface area contributed by atoms with E-state index in [1.807, 2.05) is 0 Å². The van der Waals surface area contributed by atoms with E-state index in [9.17, 15) is 43.2 Å². The van der Waals surface area contributed by atoms with Crippen LogP contribution in [0.2, 0.25) is 0 Å². The van der Waals surface area contributed by atoms with Crippen LogP contribution in [0.25, 0.3) is 0 Å². The van der Waals surface area contributed by atoms with Crippen LogP contribution in [0, 0.1) is 23.7 Å². The van der Waals surface area contributed by atoms with Gasteiger partial charge < -0.3 is 33.8 Å². The van der Waals surface area contributed by atoms with Crippen molar-refractivity contribution < 1.29 is 80.2 Å². The van der Waals surface area contributed by atoms with Crippen molar-refractivity contribution in [2.45, 2.75) is 440 Å². The molecule has 17 nitrogen and oxygen atoms in total. The fraction of sp³-hybridized carbons (Fsp3) is 0.951. The van der Waals surface area contributed by atoms with Crippen molar-refractivity contribution in [1.29, 1.82) is 0 Å².